The van der Waals surface area contributed by atoms with E-state index in [-0.39, 0.29) is 0 Å². The van der Waals surface area contributed by atoms with E-state index in [1.807, 2.05) is 22.7 Å². The number of benzene rings is 4. The van der Waals surface area contributed by atoms with Crippen LogP contribution in [0.2, 0.25) is 0 Å². The van der Waals surface area contributed by atoms with Crippen LogP contribution >= 0.6 is 22.7 Å². The van der Waals surface area contributed by atoms with Gasteiger partial charge in [-0.1, -0.05) is 84.9 Å². The normalized spacial score (nSPS) is 11.6. The van der Waals surface area contributed by atoms with Crippen molar-refractivity contribution in [2.75, 3.05) is 0 Å². The Morgan fingerprint density at radius 2 is 0.821 bits per heavy atom. The molecule has 0 saturated carbocycles. The lowest BCUT2D eigenvalue weighted by Gasteiger charge is -2.02. The SMILES string of the molecule is c1ccc(-c2ccc3c(c2)sc2c4ccc(-c5ccccc5)cc4sc32)cc1. The molecule has 2 heteroatoms. The van der Waals surface area contributed by atoms with Crippen LogP contribution in [0.3, 0.4) is 0 Å². The van der Waals surface area contributed by atoms with E-state index in [9.17, 15) is 0 Å². The van der Waals surface area contributed by atoms with Crippen molar-refractivity contribution in [2.24, 2.45) is 0 Å². The number of fused-ring (bicyclic) bond motifs is 5. The third kappa shape index (κ3) is 2.50. The summed E-state index contributed by atoms with van der Waals surface area (Å²) in [6.07, 6.45) is 0. The average Bonchev–Trinajstić information content (AvgIpc) is 3.30. The molecule has 6 rings (SSSR count). The van der Waals surface area contributed by atoms with Crippen molar-refractivity contribution >= 4 is 52.2 Å². The number of hydrogen-bond donors (Lipinski definition) is 0. The minimum absolute atomic E-state index is 1.28. The number of hydrogen-bond acceptors (Lipinski definition) is 2. The molecule has 0 bridgehead atoms. The van der Waals surface area contributed by atoms with Crippen molar-refractivity contribution in [3.05, 3.63) is 97.1 Å². The molecule has 2 aromatic heterocycles. The summed E-state index contributed by atoms with van der Waals surface area (Å²) in [6.45, 7) is 0. The molecule has 0 unspecified atom stereocenters. The molecule has 4 aromatic carbocycles. The van der Waals surface area contributed by atoms with Crippen LogP contribution in [0.15, 0.2) is 97.1 Å². The van der Waals surface area contributed by atoms with Crippen LogP contribution in [-0.2, 0) is 0 Å². The van der Waals surface area contributed by atoms with E-state index in [0.29, 0.717) is 0 Å². The Morgan fingerprint density at radius 3 is 1.25 bits per heavy atom. The molecular weight excluding hydrogens is 376 g/mol. The minimum atomic E-state index is 1.28. The maximum Gasteiger partial charge on any atom is 0.0542 e. The van der Waals surface area contributed by atoms with Crippen LogP contribution in [0.25, 0.3) is 51.8 Å². The summed E-state index contributed by atoms with van der Waals surface area (Å²) in [7, 11) is 0. The van der Waals surface area contributed by atoms with Gasteiger partial charge in [0.15, 0.2) is 0 Å². The monoisotopic (exact) mass is 392 g/mol. The topological polar surface area (TPSA) is 0 Å². The van der Waals surface area contributed by atoms with Crippen LogP contribution < -0.4 is 0 Å². The maximum absolute atomic E-state index is 2.34. The van der Waals surface area contributed by atoms with E-state index in [4.69, 9.17) is 0 Å². The third-order valence-electron chi connectivity index (χ3n) is 5.30. The van der Waals surface area contributed by atoms with Crippen molar-refractivity contribution in [3.63, 3.8) is 0 Å². The molecule has 0 spiro atoms. The smallest absolute Gasteiger partial charge is 0.0542 e. The third-order valence-corrected chi connectivity index (χ3v) is 7.80. The zero-order chi connectivity index (χ0) is 18.5. The van der Waals surface area contributed by atoms with Gasteiger partial charge in [0.1, 0.15) is 0 Å². The first-order chi connectivity index (χ1) is 13.9. The van der Waals surface area contributed by atoms with Gasteiger partial charge in [-0.3, -0.25) is 0 Å². The Kier molecular flexibility index (Phi) is 3.61. The van der Waals surface area contributed by atoms with Crippen molar-refractivity contribution in [3.8, 4) is 22.3 Å². The van der Waals surface area contributed by atoms with Crippen molar-refractivity contribution in [2.45, 2.75) is 0 Å². The first-order valence-corrected chi connectivity index (χ1v) is 11.0. The van der Waals surface area contributed by atoms with E-state index in [0.717, 1.165) is 0 Å². The minimum Gasteiger partial charge on any atom is -0.134 e. The van der Waals surface area contributed by atoms with Crippen LogP contribution in [0.5, 0.6) is 0 Å². The van der Waals surface area contributed by atoms with Gasteiger partial charge in [-0.15, -0.1) is 22.7 Å². The summed E-state index contributed by atoms with van der Waals surface area (Å²) in [4.78, 5) is 0. The maximum atomic E-state index is 2.34. The summed E-state index contributed by atoms with van der Waals surface area (Å²) >= 11 is 3.84. The van der Waals surface area contributed by atoms with E-state index >= 15 is 0 Å². The predicted molar refractivity (Wildman–Crippen MR) is 126 cm³/mol. The first kappa shape index (κ1) is 16.1. The molecule has 0 N–H and O–H groups in total. The van der Waals surface area contributed by atoms with Gasteiger partial charge in [-0.25, -0.2) is 0 Å². The fourth-order valence-corrected chi connectivity index (χ4v) is 6.61. The summed E-state index contributed by atoms with van der Waals surface area (Å²) < 4.78 is 5.58. The molecule has 132 valence electrons. The number of rotatable bonds is 2. The van der Waals surface area contributed by atoms with Crippen molar-refractivity contribution in [1.82, 2.24) is 0 Å². The fourth-order valence-electron chi connectivity index (χ4n) is 3.88. The summed E-state index contributed by atoms with van der Waals surface area (Å²) in [5, 5.41) is 2.75. The Balaban J connectivity index is 1.53. The second kappa shape index (κ2) is 6.30. The molecule has 0 saturated heterocycles. The molecule has 0 amide bonds. The lowest BCUT2D eigenvalue weighted by Crippen LogP contribution is -1.75. The molecule has 0 fully saturated rings. The van der Waals surface area contributed by atoms with Crippen LogP contribution in [0.1, 0.15) is 0 Å². The molecule has 0 aliphatic carbocycles. The highest BCUT2D eigenvalue weighted by Crippen LogP contribution is 2.45. The zero-order valence-electron chi connectivity index (χ0n) is 15.1. The summed E-state index contributed by atoms with van der Waals surface area (Å²) in [5.41, 5.74) is 5.13. The highest BCUT2D eigenvalue weighted by molar-refractivity contribution is 7.36. The standard InChI is InChI=1S/C26H16S2/c1-3-7-17(8-4-1)19-11-13-21-23(15-19)27-26-22-14-12-20(16-24(22)28-25(21)26)18-9-5-2-6-10-18/h1-16H. The van der Waals surface area contributed by atoms with E-state index in [1.165, 1.54) is 51.8 Å². The Morgan fingerprint density at radius 1 is 0.393 bits per heavy atom. The quantitative estimate of drug-likeness (QED) is 0.277. The van der Waals surface area contributed by atoms with E-state index in [2.05, 4.69) is 97.1 Å². The molecule has 6 aromatic rings. The second-order valence-corrected chi connectivity index (χ2v) is 9.12. The lowest BCUT2D eigenvalue weighted by atomic mass is 10.0. The molecule has 28 heavy (non-hydrogen) atoms. The van der Waals surface area contributed by atoms with Gasteiger partial charge in [-0.2, -0.15) is 0 Å². The van der Waals surface area contributed by atoms with Gasteiger partial charge in [0.25, 0.3) is 0 Å². The van der Waals surface area contributed by atoms with Gasteiger partial charge in [0.2, 0.25) is 0 Å². The van der Waals surface area contributed by atoms with Crippen molar-refractivity contribution < 1.29 is 0 Å². The zero-order valence-corrected chi connectivity index (χ0v) is 16.7. The van der Waals surface area contributed by atoms with Gasteiger partial charge in [0, 0.05) is 20.2 Å². The Labute approximate surface area is 171 Å². The molecule has 2 heterocycles. The Hall–Kier alpha value is -2.94. The Bertz CT molecular complexity index is 1320. The van der Waals surface area contributed by atoms with Gasteiger partial charge in [-0.05, 0) is 34.4 Å². The number of thiophene rings is 2. The molecule has 0 radical (unpaired) electrons. The molecule has 0 aliphatic rings. The van der Waals surface area contributed by atoms with E-state index in [1.54, 1.807) is 0 Å². The van der Waals surface area contributed by atoms with Crippen LogP contribution in [0.4, 0.5) is 0 Å². The summed E-state index contributed by atoms with van der Waals surface area (Å²) in [6, 6.07) is 35.0. The molecule has 0 atom stereocenters. The lowest BCUT2D eigenvalue weighted by molar-refractivity contribution is 1.66. The highest BCUT2D eigenvalue weighted by Gasteiger charge is 2.13. The van der Waals surface area contributed by atoms with Crippen LogP contribution in [-0.4, -0.2) is 0 Å². The fraction of sp³-hybridized carbons (Fsp3) is 0. The molecular formula is C26H16S2. The van der Waals surface area contributed by atoms with Crippen LogP contribution in [0, 0.1) is 0 Å². The predicted octanol–water partition coefficient (Wildman–Crippen LogP) is 8.60. The molecule has 0 aliphatic heterocycles. The molecule has 0 nitrogen and oxygen atoms in total. The first-order valence-electron chi connectivity index (χ1n) is 9.36. The van der Waals surface area contributed by atoms with E-state index < -0.39 is 0 Å². The second-order valence-electron chi connectivity index (χ2n) is 7.02. The van der Waals surface area contributed by atoms with Gasteiger partial charge < -0.3 is 0 Å². The van der Waals surface area contributed by atoms with Gasteiger partial charge >= 0.3 is 0 Å². The summed E-state index contributed by atoms with van der Waals surface area (Å²) in [5.74, 6) is 0. The van der Waals surface area contributed by atoms with Gasteiger partial charge in [0.05, 0.1) is 9.40 Å². The highest BCUT2D eigenvalue weighted by atomic mass is 32.1. The average molecular weight is 393 g/mol. The van der Waals surface area contributed by atoms with Crippen molar-refractivity contribution in [1.29, 1.82) is 0 Å². The largest absolute Gasteiger partial charge is 0.134 e.